The largest absolute Gasteiger partial charge is 0.481 e. The van der Waals surface area contributed by atoms with E-state index >= 15 is 0 Å². The molecule has 0 saturated carbocycles. The standard InChI is InChI=1S/C16H16BrNO3/c17-14-7-6-11-9-13(5-4-12(11)10-14)16(21)18-8-2-1-3-15(19)20/h4-7,9-10H,1-3,8H2,(H,18,21)(H,19,20). The lowest BCUT2D eigenvalue weighted by Gasteiger charge is -2.06. The van der Waals surface area contributed by atoms with Crippen LogP contribution < -0.4 is 5.32 Å². The molecule has 0 aliphatic rings. The molecule has 5 heteroatoms. The number of carbonyl (C=O) groups is 2. The lowest BCUT2D eigenvalue weighted by molar-refractivity contribution is -0.137. The Balaban J connectivity index is 1.93. The maximum atomic E-state index is 12.0. The van der Waals surface area contributed by atoms with E-state index in [1.54, 1.807) is 6.07 Å². The first-order chi connectivity index (χ1) is 10.1. The highest BCUT2D eigenvalue weighted by molar-refractivity contribution is 9.10. The molecular weight excluding hydrogens is 334 g/mol. The van der Waals surface area contributed by atoms with E-state index in [0.717, 1.165) is 15.2 Å². The smallest absolute Gasteiger partial charge is 0.303 e. The quantitative estimate of drug-likeness (QED) is 0.783. The molecule has 2 rings (SSSR count). The highest BCUT2D eigenvalue weighted by atomic mass is 79.9. The third-order valence-electron chi connectivity index (χ3n) is 3.17. The van der Waals surface area contributed by atoms with Crippen molar-refractivity contribution < 1.29 is 14.7 Å². The Morgan fingerprint density at radius 1 is 1.05 bits per heavy atom. The first kappa shape index (κ1) is 15.5. The number of unbranched alkanes of at least 4 members (excludes halogenated alkanes) is 1. The zero-order chi connectivity index (χ0) is 15.2. The molecule has 0 unspecified atom stereocenters. The fraction of sp³-hybridized carbons (Fsp3) is 0.250. The minimum Gasteiger partial charge on any atom is -0.481 e. The predicted octanol–water partition coefficient (Wildman–Crippen LogP) is 3.59. The van der Waals surface area contributed by atoms with Gasteiger partial charge in [-0.2, -0.15) is 0 Å². The summed E-state index contributed by atoms with van der Waals surface area (Å²) < 4.78 is 1.01. The van der Waals surface area contributed by atoms with Gasteiger partial charge in [0, 0.05) is 23.0 Å². The number of nitrogens with one attached hydrogen (secondary N) is 1. The highest BCUT2D eigenvalue weighted by Gasteiger charge is 2.06. The van der Waals surface area contributed by atoms with Crippen LogP contribution in [0, 0.1) is 0 Å². The number of halogens is 1. The molecule has 0 aliphatic heterocycles. The van der Waals surface area contributed by atoms with Gasteiger partial charge in [0.15, 0.2) is 0 Å². The number of rotatable bonds is 6. The molecular formula is C16H16BrNO3. The normalized spacial score (nSPS) is 10.5. The molecule has 110 valence electrons. The molecule has 2 aromatic rings. The fourth-order valence-corrected chi connectivity index (χ4v) is 2.44. The Kier molecular flexibility index (Phi) is 5.33. The average molecular weight is 350 g/mol. The van der Waals surface area contributed by atoms with Crippen molar-refractivity contribution in [2.45, 2.75) is 19.3 Å². The van der Waals surface area contributed by atoms with Crippen LogP contribution in [0.25, 0.3) is 10.8 Å². The maximum absolute atomic E-state index is 12.0. The average Bonchev–Trinajstić information content (AvgIpc) is 2.45. The molecule has 0 radical (unpaired) electrons. The third-order valence-corrected chi connectivity index (χ3v) is 3.66. The van der Waals surface area contributed by atoms with Crippen LogP contribution in [0.2, 0.25) is 0 Å². The number of hydrogen-bond donors (Lipinski definition) is 2. The van der Waals surface area contributed by atoms with Crippen LogP contribution in [-0.2, 0) is 4.79 Å². The van der Waals surface area contributed by atoms with Gasteiger partial charge in [0.05, 0.1) is 0 Å². The number of carbonyl (C=O) groups excluding carboxylic acids is 1. The summed E-state index contributed by atoms with van der Waals surface area (Å²) in [5.74, 6) is -0.933. The number of aliphatic carboxylic acids is 1. The van der Waals surface area contributed by atoms with Crippen molar-refractivity contribution in [3.8, 4) is 0 Å². The molecule has 0 saturated heterocycles. The Hall–Kier alpha value is -1.88. The van der Waals surface area contributed by atoms with Crippen molar-refractivity contribution in [1.82, 2.24) is 5.32 Å². The second-order valence-corrected chi connectivity index (χ2v) is 5.73. The zero-order valence-corrected chi connectivity index (χ0v) is 13.0. The van der Waals surface area contributed by atoms with Crippen molar-refractivity contribution in [1.29, 1.82) is 0 Å². The first-order valence-corrected chi connectivity index (χ1v) is 7.55. The molecule has 0 spiro atoms. The monoisotopic (exact) mass is 349 g/mol. The van der Waals surface area contributed by atoms with Gasteiger partial charge in [0.2, 0.25) is 0 Å². The van der Waals surface area contributed by atoms with Gasteiger partial charge in [-0.3, -0.25) is 9.59 Å². The van der Waals surface area contributed by atoms with Crippen molar-refractivity contribution in [2.24, 2.45) is 0 Å². The van der Waals surface area contributed by atoms with E-state index in [-0.39, 0.29) is 12.3 Å². The summed E-state index contributed by atoms with van der Waals surface area (Å²) in [5.41, 5.74) is 0.614. The highest BCUT2D eigenvalue weighted by Crippen LogP contribution is 2.20. The van der Waals surface area contributed by atoms with Crippen LogP contribution in [0.15, 0.2) is 40.9 Å². The molecule has 0 aliphatic carbocycles. The van der Waals surface area contributed by atoms with Crippen LogP contribution >= 0.6 is 15.9 Å². The molecule has 21 heavy (non-hydrogen) atoms. The second kappa shape index (κ2) is 7.22. The molecule has 0 heterocycles. The van der Waals surface area contributed by atoms with E-state index in [0.29, 0.717) is 24.9 Å². The Bertz CT molecular complexity index is 670. The summed E-state index contributed by atoms with van der Waals surface area (Å²) in [4.78, 5) is 22.4. The van der Waals surface area contributed by atoms with Crippen molar-refractivity contribution in [3.63, 3.8) is 0 Å². The van der Waals surface area contributed by atoms with Crippen LogP contribution in [0.3, 0.4) is 0 Å². The molecule has 0 bridgehead atoms. The number of hydrogen-bond acceptors (Lipinski definition) is 2. The Morgan fingerprint density at radius 3 is 2.52 bits per heavy atom. The third kappa shape index (κ3) is 4.56. The topological polar surface area (TPSA) is 66.4 Å². The molecule has 2 N–H and O–H groups in total. The van der Waals surface area contributed by atoms with E-state index in [1.807, 2.05) is 30.3 Å². The molecule has 0 fully saturated rings. The number of fused-ring (bicyclic) bond motifs is 1. The van der Waals surface area contributed by atoms with Crippen LogP contribution in [0.5, 0.6) is 0 Å². The van der Waals surface area contributed by atoms with Crippen LogP contribution in [0.4, 0.5) is 0 Å². The lowest BCUT2D eigenvalue weighted by atomic mass is 10.1. The van der Waals surface area contributed by atoms with E-state index in [9.17, 15) is 9.59 Å². The fourth-order valence-electron chi connectivity index (χ4n) is 2.06. The predicted molar refractivity (Wildman–Crippen MR) is 85.5 cm³/mol. The molecule has 4 nitrogen and oxygen atoms in total. The van der Waals surface area contributed by atoms with Crippen molar-refractivity contribution in [2.75, 3.05) is 6.54 Å². The number of amides is 1. The van der Waals surface area contributed by atoms with Gasteiger partial charge < -0.3 is 10.4 Å². The molecule has 0 atom stereocenters. The molecule has 2 aromatic carbocycles. The van der Waals surface area contributed by atoms with E-state index in [4.69, 9.17) is 5.11 Å². The summed E-state index contributed by atoms with van der Waals surface area (Å²) in [5, 5.41) is 13.4. The minimum atomic E-state index is -0.804. The van der Waals surface area contributed by atoms with Gasteiger partial charge in [-0.1, -0.05) is 28.1 Å². The number of carboxylic acids is 1. The Morgan fingerprint density at radius 2 is 1.76 bits per heavy atom. The van der Waals surface area contributed by atoms with Gasteiger partial charge >= 0.3 is 5.97 Å². The molecule has 1 amide bonds. The summed E-state index contributed by atoms with van der Waals surface area (Å²) in [6, 6.07) is 11.5. The van der Waals surface area contributed by atoms with Crippen molar-refractivity contribution >= 4 is 38.6 Å². The zero-order valence-electron chi connectivity index (χ0n) is 11.4. The maximum Gasteiger partial charge on any atom is 0.303 e. The van der Waals surface area contributed by atoms with Gasteiger partial charge in [-0.05, 0) is 47.9 Å². The van der Waals surface area contributed by atoms with Crippen LogP contribution in [-0.4, -0.2) is 23.5 Å². The van der Waals surface area contributed by atoms with Crippen LogP contribution in [0.1, 0.15) is 29.6 Å². The Labute approximate surface area is 131 Å². The number of carboxylic acid groups (broad SMARTS) is 1. The summed E-state index contributed by atoms with van der Waals surface area (Å²) in [6.45, 7) is 0.491. The van der Waals surface area contributed by atoms with E-state index in [2.05, 4.69) is 21.2 Å². The molecule has 0 aromatic heterocycles. The second-order valence-electron chi connectivity index (χ2n) is 4.81. The minimum absolute atomic E-state index is 0.129. The lowest BCUT2D eigenvalue weighted by Crippen LogP contribution is -2.24. The van der Waals surface area contributed by atoms with Gasteiger partial charge in [-0.15, -0.1) is 0 Å². The van der Waals surface area contributed by atoms with E-state index < -0.39 is 5.97 Å². The SMILES string of the molecule is O=C(O)CCCCNC(=O)c1ccc2cc(Br)ccc2c1. The summed E-state index contributed by atoms with van der Waals surface area (Å²) in [7, 11) is 0. The summed E-state index contributed by atoms with van der Waals surface area (Å²) >= 11 is 3.42. The van der Waals surface area contributed by atoms with Gasteiger partial charge in [-0.25, -0.2) is 0 Å². The van der Waals surface area contributed by atoms with Gasteiger partial charge in [0.25, 0.3) is 5.91 Å². The van der Waals surface area contributed by atoms with Gasteiger partial charge in [0.1, 0.15) is 0 Å². The first-order valence-electron chi connectivity index (χ1n) is 6.75. The van der Waals surface area contributed by atoms with E-state index in [1.165, 1.54) is 0 Å². The van der Waals surface area contributed by atoms with Crippen molar-refractivity contribution in [3.05, 3.63) is 46.4 Å². The number of benzene rings is 2. The summed E-state index contributed by atoms with van der Waals surface area (Å²) in [6.07, 6.45) is 1.38.